The van der Waals surface area contributed by atoms with E-state index in [1.165, 1.54) is 0 Å². The normalized spacial score (nSPS) is 22.1. The molecule has 6 nitrogen and oxygen atoms in total. The lowest BCUT2D eigenvalue weighted by molar-refractivity contribution is -0.143. The fourth-order valence-electron chi connectivity index (χ4n) is 3.58. The molecule has 0 spiro atoms. The smallest absolute Gasteiger partial charge is 0.248 e. The van der Waals surface area contributed by atoms with Crippen LogP contribution in [0.2, 0.25) is 0 Å². The van der Waals surface area contributed by atoms with E-state index in [2.05, 4.69) is 4.98 Å². The average Bonchev–Trinajstić information content (AvgIpc) is 3.29. The van der Waals surface area contributed by atoms with Gasteiger partial charge in [0.1, 0.15) is 11.6 Å². The molecule has 2 fully saturated rings. The minimum absolute atomic E-state index is 0.0294. The summed E-state index contributed by atoms with van der Waals surface area (Å²) in [5, 5.41) is 3.02. The van der Waals surface area contributed by atoms with Crippen LogP contribution in [0, 0.1) is 5.92 Å². The number of hydrogen-bond acceptors (Lipinski definition) is 5. The highest BCUT2D eigenvalue weighted by Crippen LogP contribution is 2.35. The Morgan fingerprint density at radius 2 is 2.08 bits per heavy atom. The molecule has 2 aliphatic rings. The van der Waals surface area contributed by atoms with Gasteiger partial charge in [0.25, 0.3) is 0 Å². The first kappa shape index (κ1) is 17.4. The van der Waals surface area contributed by atoms with Crippen LogP contribution < -0.4 is 0 Å². The number of ether oxygens (including phenoxy) is 1. The molecule has 2 saturated heterocycles. The first-order valence-electron chi connectivity index (χ1n) is 8.76. The molecule has 1 aromatic heterocycles. The molecule has 2 aliphatic heterocycles. The molecule has 2 amide bonds. The van der Waals surface area contributed by atoms with Gasteiger partial charge in [0.15, 0.2) is 0 Å². The maximum absolute atomic E-state index is 12.9. The van der Waals surface area contributed by atoms with Crippen LogP contribution in [0.5, 0.6) is 0 Å². The summed E-state index contributed by atoms with van der Waals surface area (Å²) in [6.45, 7) is 4.71. The fraction of sp³-hybridized carbons (Fsp3) is 0.706. The van der Waals surface area contributed by atoms with Crippen molar-refractivity contribution >= 4 is 23.2 Å². The number of amides is 2. The zero-order valence-electron chi connectivity index (χ0n) is 14.1. The van der Waals surface area contributed by atoms with Gasteiger partial charge in [0.2, 0.25) is 11.8 Å². The van der Waals surface area contributed by atoms with E-state index in [4.69, 9.17) is 4.74 Å². The van der Waals surface area contributed by atoms with E-state index in [9.17, 15) is 9.59 Å². The Bertz CT molecular complexity index is 555. The molecule has 132 valence electrons. The summed E-state index contributed by atoms with van der Waals surface area (Å²) in [5.74, 6) is 0.302. The molecule has 0 unspecified atom stereocenters. The molecule has 1 aromatic rings. The van der Waals surface area contributed by atoms with Crippen molar-refractivity contribution in [2.45, 2.75) is 38.6 Å². The van der Waals surface area contributed by atoms with Crippen LogP contribution in [0.4, 0.5) is 0 Å². The molecule has 3 heterocycles. The van der Waals surface area contributed by atoms with Gasteiger partial charge in [0.05, 0.1) is 6.04 Å². The van der Waals surface area contributed by atoms with Crippen molar-refractivity contribution in [2.75, 3.05) is 32.8 Å². The van der Waals surface area contributed by atoms with Gasteiger partial charge in [-0.15, -0.1) is 11.3 Å². The first-order valence-corrected chi connectivity index (χ1v) is 9.64. The highest BCUT2D eigenvalue weighted by Gasteiger charge is 2.36. The fourth-order valence-corrected chi connectivity index (χ4v) is 4.36. The van der Waals surface area contributed by atoms with Crippen LogP contribution in [0.3, 0.4) is 0 Å². The summed E-state index contributed by atoms with van der Waals surface area (Å²) in [4.78, 5) is 33.2. The van der Waals surface area contributed by atoms with E-state index in [-0.39, 0.29) is 30.4 Å². The molecule has 0 bridgehead atoms. The lowest BCUT2D eigenvalue weighted by Crippen LogP contribution is -2.45. The average molecular weight is 351 g/mol. The zero-order chi connectivity index (χ0) is 16.9. The predicted octanol–water partition coefficient (Wildman–Crippen LogP) is 2.08. The molecule has 0 aromatic carbocycles. The van der Waals surface area contributed by atoms with E-state index in [1.807, 2.05) is 28.3 Å². The lowest BCUT2D eigenvalue weighted by atomic mass is 9.95. The third kappa shape index (κ3) is 3.78. The van der Waals surface area contributed by atoms with Gasteiger partial charge < -0.3 is 14.5 Å². The Balaban J connectivity index is 1.54. The highest BCUT2D eigenvalue weighted by atomic mass is 32.1. The van der Waals surface area contributed by atoms with E-state index < -0.39 is 0 Å². The topological polar surface area (TPSA) is 62.7 Å². The van der Waals surface area contributed by atoms with Crippen LogP contribution >= 0.6 is 11.3 Å². The molecule has 1 atom stereocenters. The summed E-state index contributed by atoms with van der Waals surface area (Å²) in [6.07, 6.45) is 5.35. The molecular formula is C17H25N3O3S. The van der Waals surface area contributed by atoms with Crippen molar-refractivity contribution in [3.63, 3.8) is 0 Å². The molecule has 7 heteroatoms. The second-order valence-corrected chi connectivity index (χ2v) is 7.28. The Labute approximate surface area is 146 Å². The van der Waals surface area contributed by atoms with E-state index in [0.717, 1.165) is 37.2 Å². The van der Waals surface area contributed by atoms with Gasteiger partial charge in [0, 0.05) is 43.7 Å². The van der Waals surface area contributed by atoms with Crippen molar-refractivity contribution in [3.05, 3.63) is 16.6 Å². The van der Waals surface area contributed by atoms with Gasteiger partial charge >= 0.3 is 0 Å². The standard InChI is InChI=1S/C17H25N3O3S/c1-2-23-12-15(21)19-9-5-13(6-10-19)17(22)20-8-3-4-14(20)16-18-7-11-24-16/h7,11,13-14H,2-6,8-10,12H2,1H3/t14-/m0/s1. The number of piperidine rings is 1. The van der Waals surface area contributed by atoms with Crippen LogP contribution in [0.1, 0.15) is 43.7 Å². The number of aromatic nitrogens is 1. The molecule has 0 N–H and O–H groups in total. The van der Waals surface area contributed by atoms with Crippen molar-refractivity contribution in [1.82, 2.24) is 14.8 Å². The maximum atomic E-state index is 12.9. The molecule has 0 saturated carbocycles. The molecule has 24 heavy (non-hydrogen) atoms. The minimum Gasteiger partial charge on any atom is -0.372 e. The Kier molecular flexibility index (Phi) is 5.84. The number of likely N-dealkylation sites (tertiary alicyclic amines) is 2. The van der Waals surface area contributed by atoms with E-state index in [0.29, 0.717) is 19.7 Å². The Morgan fingerprint density at radius 3 is 2.75 bits per heavy atom. The molecule has 0 radical (unpaired) electrons. The Morgan fingerprint density at radius 1 is 1.29 bits per heavy atom. The van der Waals surface area contributed by atoms with Gasteiger partial charge in [-0.2, -0.15) is 0 Å². The van der Waals surface area contributed by atoms with Crippen LogP contribution in [0.15, 0.2) is 11.6 Å². The number of carbonyl (C=O) groups is 2. The highest BCUT2D eigenvalue weighted by molar-refractivity contribution is 7.09. The summed E-state index contributed by atoms with van der Waals surface area (Å²) >= 11 is 1.63. The Hall–Kier alpha value is -1.47. The zero-order valence-corrected chi connectivity index (χ0v) is 15.0. The monoisotopic (exact) mass is 351 g/mol. The van der Waals surface area contributed by atoms with Gasteiger partial charge in [-0.05, 0) is 32.6 Å². The molecule has 0 aliphatic carbocycles. The third-order valence-corrected chi connectivity index (χ3v) is 5.78. The quantitative estimate of drug-likeness (QED) is 0.815. The number of carbonyl (C=O) groups excluding carboxylic acids is 2. The van der Waals surface area contributed by atoms with Crippen LogP contribution in [-0.2, 0) is 14.3 Å². The van der Waals surface area contributed by atoms with Gasteiger partial charge in [-0.1, -0.05) is 0 Å². The number of hydrogen-bond donors (Lipinski definition) is 0. The minimum atomic E-state index is 0.0294. The van der Waals surface area contributed by atoms with Crippen LogP contribution in [0.25, 0.3) is 0 Å². The van der Waals surface area contributed by atoms with Crippen molar-refractivity contribution in [3.8, 4) is 0 Å². The van der Waals surface area contributed by atoms with Gasteiger partial charge in [-0.3, -0.25) is 9.59 Å². The summed E-state index contributed by atoms with van der Waals surface area (Å²) in [5.41, 5.74) is 0. The predicted molar refractivity (Wildman–Crippen MR) is 91.6 cm³/mol. The number of thiazole rings is 1. The van der Waals surface area contributed by atoms with Gasteiger partial charge in [-0.25, -0.2) is 4.98 Å². The van der Waals surface area contributed by atoms with E-state index in [1.54, 1.807) is 11.3 Å². The summed E-state index contributed by atoms with van der Waals surface area (Å²) < 4.78 is 5.19. The number of rotatable bonds is 5. The second kappa shape index (κ2) is 8.07. The summed E-state index contributed by atoms with van der Waals surface area (Å²) in [7, 11) is 0. The second-order valence-electron chi connectivity index (χ2n) is 6.35. The van der Waals surface area contributed by atoms with Crippen LogP contribution in [-0.4, -0.2) is 59.4 Å². The molecule has 3 rings (SSSR count). The maximum Gasteiger partial charge on any atom is 0.248 e. The van der Waals surface area contributed by atoms with Crippen molar-refractivity contribution < 1.29 is 14.3 Å². The van der Waals surface area contributed by atoms with E-state index >= 15 is 0 Å². The third-order valence-electron chi connectivity index (χ3n) is 4.90. The van der Waals surface area contributed by atoms with Crippen molar-refractivity contribution in [2.24, 2.45) is 5.92 Å². The van der Waals surface area contributed by atoms with Crippen molar-refractivity contribution in [1.29, 1.82) is 0 Å². The summed E-state index contributed by atoms with van der Waals surface area (Å²) in [6, 6.07) is 0.148. The largest absolute Gasteiger partial charge is 0.372 e. The number of nitrogens with zero attached hydrogens (tertiary/aromatic N) is 3. The molecular weight excluding hydrogens is 326 g/mol. The first-order chi connectivity index (χ1) is 11.7. The lowest BCUT2D eigenvalue weighted by Gasteiger charge is -2.34. The SMILES string of the molecule is CCOCC(=O)N1CCC(C(=O)N2CCC[C@H]2c2nccs2)CC1.